The molecule has 0 bridgehead atoms. The lowest BCUT2D eigenvalue weighted by atomic mass is 9.91. The standard InChI is InChI=1S/C18H20N2OS/c1-3-11-4-7-16(22)20-9-8-13-14-10-12(21-2)5-6-15(14)19-17(13)18(11)20/h5-6,10,19H,3-4,7-9H2,1-2H3. The van der Waals surface area contributed by atoms with E-state index in [4.69, 9.17) is 17.0 Å². The third kappa shape index (κ3) is 1.90. The van der Waals surface area contributed by atoms with Gasteiger partial charge >= 0.3 is 0 Å². The molecule has 0 amide bonds. The van der Waals surface area contributed by atoms with Gasteiger partial charge in [-0.1, -0.05) is 19.1 Å². The van der Waals surface area contributed by atoms with E-state index in [1.807, 2.05) is 6.07 Å². The Bertz CT molecular complexity index is 803. The number of thiocarbonyl (C=S) groups is 1. The minimum absolute atomic E-state index is 0.917. The highest BCUT2D eigenvalue weighted by molar-refractivity contribution is 7.80. The maximum atomic E-state index is 5.61. The van der Waals surface area contributed by atoms with Gasteiger partial charge in [-0.3, -0.25) is 0 Å². The van der Waals surface area contributed by atoms with E-state index < -0.39 is 0 Å². The van der Waals surface area contributed by atoms with E-state index in [1.54, 1.807) is 7.11 Å². The quantitative estimate of drug-likeness (QED) is 0.839. The first-order valence-corrected chi connectivity index (χ1v) is 8.35. The number of H-pyrrole nitrogens is 1. The van der Waals surface area contributed by atoms with Crippen molar-refractivity contribution in [1.82, 2.24) is 9.88 Å². The molecule has 0 saturated carbocycles. The lowest BCUT2D eigenvalue weighted by molar-refractivity contribution is 0.415. The van der Waals surface area contributed by atoms with E-state index in [-0.39, 0.29) is 0 Å². The van der Waals surface area contributed by atoms with E-state index in [0.29, 0.717) is 0 Å². The molecule has 0 aliphatic carbocycles. The molecule has 1 N–H and O–H groups in total. The Morgan fingerprint density at radius 3 is 2.91 bits per heavy atom. The SMILES string of the molecule is CCC1=C2c3[nH]c4ccc(OC)cc4c3CCN2C(=S)CC1. The summed E-state index contributed by atoms with van der Waals surface area (Å²) in [5.74, 6) is 0.917. The summed E-state index contributed by atoms with van der Waals surface area (Å²) in [5.41, 5.74) is 6.74. The second kappa shape index (κ2) is 5.13. The van der Waals surface area contributed by atoms with Gasteiger partial charge in [-0.2, -0.15) is 0 Å². The van der Waals surface area contributed by atoms with Gasteiger partial charge in [-0.05, 0) is 48.6 Å². The minimum Gasteiger partial charge on any atom is -0.497 e. The highest BCUT2D eigenvalue weighted by Gasteiger charge is 2.31. The zero-order valence-corrected chi connectivity index (χ0v) is 13.8. The van der Waals surface area contributed by atoms with Crippen LogP contribution < -0.4 is 4.74 Å². The predicted octanol–water partition coefficient (Wildman–Crippen LogP) is 4.28. The van der Waals surface area contributed by atoms with E-state index in [0.717, 1.165) is 43.0 Å². The number of benzene rings is 1. The van der Waals surface area contributed by atoms with Gasteiger partial charge in [0.15, 0.2) is 0 Å². The molecule has 0 atom stereocenters. The molecule has 2 aliphatic heterocycles. The molecule has 2 aliphatic rings. The van der Waals surface area contributed by atoms with Crippen molar-refractivity contribution in [2.45, 2.75) is 32.6 Å². The number of nitrogens with one attached hydrogen (secondary N) is 1. The fraction of sp³-hybridized carbons (Fsp3) is 0.389. The summed E-state index contributed by atoms with van der Waals surface area (Å²) in [6.45, 7) is 3.24. The van der Waals surface area contributed by atoms with Crippen molar-refractivity contribution in [3.05, 3.63) is 35.0 Å². The van der Waals surface area contributed by atoms with Gasteiger partial charge in [-0.25, -0.2) is 0 Å². The number of aromatic nitrogens is 1. The molecular formula is C18H20N2OS. The van der Waals surface area contributed by atoms with E-state index in [1.165, 1.54) is 33.4 Å². The number of ether oxygens (including phenoxy) is 1. The maximum Gasteiger partial charge on any atom is 0.119 e. The van der Waals surface area contributed by atoms with Crippen LogP contribution in [0.5, 0.6) is 5.75 Å². The molecule has 3 nitrogen and oxygen atoms in total. The first kappa shape index (κ1) is 13.8. The van der Waals surface area contributed by atoms with Crippen molar-refractivity contribution in [3.8, 4) is 5.75 Å². The van der Waals surface area contributed by atoms with Crippen LogP contribution in [-0.2, 0) is 6.42 Å². The van der Waals surface area contributed by atoms with Crippen LogP contribution in [0.25, 0.3) is 16.6 Å². The molecule has 22 heavy (non-hydrogen) atoms. The smallest absolute Gasteiger partial charge is 0.119 e. The molecule has 0 radical (unpaired) electrons. The zero-order chi connectivity index (χ0) is 15.3. The summed E-state index contributed by atoms with van der Waals surface area (Å²) >= 11 is 5.61. The largest absolute Gasteiger partial charge is 0.497 e. The topological polar surface area (TPSA) is 28.3 Å². The van der Waals surface area contributed by atoms with Crippen molar-refractivity contribution in [3.63, 3.8) is 0 Å². The van der Waals surface area contributed by atoms with Crippen LogP contribution in [0, 0.1) is 0 Å². The number of allylic oxidation sites excluding steroid dienone is 1. The number of aromatic amines is 1. The Labute approximate surface area is 136 Å². The van der Waals surface area contributed by atoms with E-state index in [9.17, 15) is 0 Å². The highest BCUT2D eigenvalue weighted by atomic mass is 32.1. The first-order chi connectivity index (χ1) is 10.7. The molecule has 0 saturated heterocycles. The van der Waals surface area contributed by atoms with Crippen molar-refractivity contribution in [2.75, 3.05) is 13.7 Å². The Balaban J connectivity index is 1.97. The van der Waals surface area contributed by atoms with Crippen molar-refractivity contribution >= 4 is 33.8 Å². The van der Waals surface area contributed by atoms with Gasteiger partial charge in [-0.15, -0.1) is 0 Å². The number of methoxy groups -OCH3 is 1. The second-order valence-electron chi connectivity index (χ2n) is 5.99. The summed E-state index contributed by atoms with van der Waals surface area (Å²) < 4.78 is 5.39. The molecular weight excluding hydrogens is 292 g/mol. The third-order valence-electron chi connectivity index (χ3n) is 4.91. The van der Waals surface area contributed by atoms with Crippen molar-refractivity contribution in [2.24, 2.45) is 0 Å². The normalized spacial score (nSPS) is 17.7. The lowest BCUT2D eigenvalue weighted by Crippen LogP contribution is -2.37. The second-order valence-corrected chi connectivity index (χ2v) is 6.46. The van der Waals surface area contributed by atoms with E-state index in [2.05, 4.69) is 28.9 Å². The Morgan fingerprint density at radius 1 is 1.27 bits per heavy atom. The van der Waals surface area contributed by atoms with E-state index >= 15 is 0 Å². The summed E-state index contributed by atoms with van der Waals surface area (Å²) in [4.78, 5) is 7.08. The lowest BCUT2D eigenvalue weighted by Gasteiger charge is -2.37. The summed E-state index contributed by atoms with van der Waals surface area (Å²) in [6.07, 6.45) is 4.24. The maximum absolute atomic E-state index is 5.61. The van der Waals surface area contributed by atoms with Gasteiger partial charge in [0, 0.05) is 23.9 Å². The predicted molar refractivity (Wildman–Crippen MR) is 94.3 cm³/mol. The van der Waals surface area contributed by atoms with Crippen molar-refractivity contribution < 1.29 is 4.74 Å². The number of hydrogen-bond donors (Lipinski definition) is 1. The summed E-state index contributed by atoms with van der Waals surface area (Å²) in [5, 5.41) is 1.29. The fourth-order valence-electron chi connectivity index (χ4n) is 3.76. The highest BCUT2D eigenvalue weighted by Crippen LogP contribution is 2.41. The van der Waals surface area contributed by atoms with Gasteiger partial charge in [0.2, 0.25) is 0 Å². The molecule has 0 unspecified atom stereocenters. The molecule has 4 rings (SSSR count). The number of fused-ring (bicyclic) bond motifs is 5. The number of hydrogen-bond acceptors (Lipinski definition) is 2. The fourth-order valence-corrected chi connectivity index (χ4v) is 4.04. The average molecular weight is 312 g/mol. The molecule has 4 heteroatoms. The molecule has 2 aromatic rings. The molecule has 114 valence electrons. The molecule has 1 aromatic carbocycles. The van der Waals surface area contributed by atoms with Crippen LogP contribution in [0.2, 0.25) is 0 Å². The van der Waals surface area contributed by atoms with Crippen LogP contribution in [0.1, 0.15) is 37.4 Å². The van der Waals surface area contributed by atoms with Crippen LogP contribution in [-0.4, -0.2) is 28.5 Å². The monoisotopic (exact) mass is 312 g/mol. The Kier molecular flexibility index (Phi) is 3.22. The van der Waals surface area contributed by atoms with Gasteiger partial charge in [0.05, 0.1) is 23.5 Å². The zero-order valence-electron chi connectivity index (χ0n) is 13.0. The Morgan fingerprint density at radius 2 is 2.14 bits per heavy atom. The van der Waals surface area contributed by atoms with Crippen LogP contribution >= 0.6 is 12.2 Å². The first-order valence-electron chi connectivity index (χ1n) is 7.94. The molecule has 3 heterocycles. The van der Waals surface area contributed by atoms with Gasteiger partial charge < -0.3 is 14.6 Å². The molecule has 1 aromatic heterocycles. The summed E-state index contributed by atoms with van der Waals surface area (Å²) in [6, 6.07) is 6.28. The van der Waals surface area contributed by atoms with Crippen LogP contribution in [0.3, 0.4) is 0 Å². The number of nitrogens with zero attached hydrogens (tertiary/aromatic N) is 1. The van der Waals surface area contributed by atoms with Crippen LogP contribution in [0.15, 0.2) is 23.8 Å². The van der Waals surface area contributed by atoms with Crippen molar-refractivity contribution in [1.29, 1.82) is 0 Å². The summed E-state index contributed by atoms with van der Waals surface area (Å²) in [7, 11) is 1.72. The average Bonchev–Trinajstić information content (AvgIpc) is 2.93. The minimum atomic E-state index is 0.917. The third-order valence-corrected chi connectivity index (χ3v) is 5.33. The Hall–Kier alpha value is -1.81. The van der Waals surface area contributed by atoms with Crippen LogP contribution in [0.4, 0.5) is 0 Å². The van der Waals surface area contributed by atoms with Gasteiger partial charge in [0.1, 0.15) is 5.75 Å². The van der Waals surface area contributed by atoms with Gasteiger partial charge in [0.25, 0.3) is 0 Å². The molecule has 0 fully saturated rings. The number of rotatable bonds is 2. The molecule has 0 spiro atoms.